The highest BCUT2D eigenvalue weighted by atomic mass is 31.2. The van der Waals surface area contributed by atoms with Gasteiger partial charge in [0.15, 0.2) is 6.23 Å². The lowest BCUT2D eigenvalue weighted by molar-refractivity contribution is -0.0545. The molecule has 3 rings (SSSR count). The highest BCUT2D eigenvalue weighted by molar-refractivity contribution is 7.55. The minimum atomic E-state index is -4.91. The second-order valence-electron chi connectivity index (χ2n) is 6.42. The molecule has 0 aliphatic carbocycles. The number of aromatic nitrogens is 3. The number of rotatable bonds is 8. The minimum absolute atomic E-state index is 0.150. The lowest BCUT2D eigenvalue weighted by Gasteiger charge is -2.18. The van der Waals surface area contributed by atoms with Gasteiger partial charge in [-0.2, -0.15) is 0 Å². The monoisotopic (exact) mass is 479 g/mol. The molecule has 2 aromatic rings. The standard InChI is InChI=1S/C15H19N3O11P2/c19-11-4-6-17(15(22)18(11)7-9-3-1-2-5-16-9)14-13(21)12(20)10(28-14)8-27-31(25,26)29-30(23)24/h1-6,10,12-14,20-21,30H,7-8H2,(H,23,24)(H,25,26)/t10?,12?,13-,14?/m0/s1. The molecule has 0 spiro atoms. The van der Waals surface area contributed by atoms with E-state index in [2.05, 4.69) is 13.8 Å². The first-order valence-corrected chi connectivity index (χ1v) is 11.5. The van der Waals surface area contributed by atoms with Gasteiger partial charge in [0.1, 0.15) is 18.3 Å². The minimum Gasteiger partial charge on any atom is -0.387 e. The van der Waals surface area contributed by atoms with Gasteiger partial charge >= 0.3 is 21.8 Å². The van der Waals surface area contributed by atoms with Crippen molar-refractivity contribution in [2.75, 3.05) is 6.61 Å². The van der Waals surface area contributed by atoms with Gasteiger partial charge in [-0.1, -0.05) is 6.07 Å². The van der Waals surface area contributed by atoms with Gasteiger partial charge in [0, 0.05) is 18.5 Å². The van der Waals surface area contributed by atoms with E-state index in [1.807, 2.05) is 0 Å². The van der Waals surface area contributed by atoms with Crippen molar-refractivity contribution in [3.05, 3.63) is 63.2 Å². The summed E-state index contributed by atoms with van der Waals surface area (Å²) in [6.07, 6.45) is -3.61. The molecule has 1 aliphatic rings. The molecule has 2 aromatic heterocycles. The molecule has 4 N–H and O–H groups in total. The molecule has 0 radical (unpaired) electrons. The van der Waals surface area contributed by atoms with E-state index in [1.54, 1.807) is 18.2 Å². The van der Waals surface area contributed by atoms with Crippen molar-refractivity contribution in [2.45, 2.75) is 31.1 Å². The fourth-order valence-electron chi connectivity index (χ4n) is 2.91. The molecule has 3 heterocycles. The van der Waals surface area contributed by atoms with Crippen molar-refractivity contribution in [2.24, 2.45) is 0 Å². The van der Waals surface area contributed by atoms with Crippen LogP contribution in [0.5, 0.6) is 0 Å². The lowest BCUT2D eigenvalue weighted by Crippen LogP contribution is -2.43. The zero-order valence-electron chi connectivity index (χ0n) is 15.6. The first-order valence-electron chi connectivity index (χ1n) is 8.72. The number of aliphatic hydroxyl groups is 2. The molecule has 1 saturated heterocycles. The molecule has 5 unspecified atom stereocenters. The zero-order valence-corrected chi connectivity index (χ0v) is 17.5. The second-order valence-corrected chi connectivity index (χ2v) is 8.88. The van der Waals surface area contributed by atoms with Gasteiger partial charge in [-0.3, -0.25) is 28.0 Å². The molecule has 0 aromatic carbocycles. The zero-order chi connectivity index (χ0) is 22.8. The van der Waals surface area contributed by atoms with Crippen LogP contribution in [0.25, 0.3) is 0 Å². The quantitative estimate of drug-likeness (QED) is 0.323. The predicted octanol–water partition coefficient (Wildman–Crippen LogP) is -1.41. The first-order chi connectivity index (χ1) is 14.6. The van der Waals surface area contributed by atoms with E-state index < -0.39 is 58.5 Å². The van der Waals surface area contributed by atoms with Gasteiger partial charge in [-0.15, -0.1) is 0 Å². The Morgan fingerprint density at radius 3 is 2.61 bits per heavy atom. The maximum atomic E-state index is 12.8. The van der Waals surface area contributed by atoms with E-state index in [-0.39, 0.29) is 6.54 Å². The summed E-state index contributed by atoms with van der Waals surface area (Å²) in [6.45, 7) is -0.956. The third-order valence-electron chi connectivity index (χ3n) is 4.35. The Morgan fingerprint density at radius 1 is 1.23 bits per heavy atom. The average molecular weight is 479 g/mol. The van der Waals surface area contributed by atoms with Crippen LogP contribution in [0.4, 0.5) is 0 Å². The predicted molar refractivity (Wildman–Crippen MR) is 102 cm³/mol. The first kappa shape index (κ1) is 23.7. The number of aliphatic hydroxyl groups excluding tert-OH is 2. The number of phosphoric ester groups is 1. The summed E-state index contributed by atoms with van der Waals surface area (Å²) in [6, 6.07) is 6.01. The molecule has 6 atom stereocenters. The maximum absolute atomic E-state index is 12.8. The Bertz CT molecular complexity index is 1110. The molecule has 14 nitrogen and oxygen atoms in total. The highest BCUT2D eigenvalue weighted by Crippen LogP contribution is 2.51. The summed E-state index contributed by atoms with van der Waals surface area (Å²) in [5.41, 5.74) is -1.05. The van der Waals surface area contributed by atoms with E-state index in [0.29, 0.717) is 5.69 Å². The Morgan fingerprint density at radius 2 is 1.97 bits per heavy atom. The van der Waals surface area contributed by atoms with Crippen LogP contribution in [0.15, 0.2) is 46.2 Å². The molecule has 31 heavy (non-hydrogen) atoms. The van der Waals surface area contributed by atoms with Gasteiger partial charge in [-0.05, 0) is 12.1 Å². The van der Waals surface area contributed by atoms with Crippen LogP contribution < -0.4 is 11.2 Å². The molecular formula is C15H19N3O11P2. The Balaban J connectivity index is 1.80. The summed E-state index contributed by atoms with van der Waals surface area (Å²) >= 11 is 0. The summed E-state index contributed by atoms with van der Waals surface area (Å²) < 4.78 is 37.5. The lowest BCUT2D eigenvalue weighted by atomic mass is 10.1. The number of pyridine rings is 1. The summed E-state index contributed by atoms with van der Waals surface area (Å²) in [7, 11) is -8.69. The third kappa shape index (κ3) is 5.63. The molecular weight excluding hydrogens is 460 g/mol. The molecule has 0 amide bonds. The number of hydrogen-bond donors (Lipinski definition) is 4. The van der Waals surface area contributed by atoms with Crippen LogP contribution in [0.1, 0.15) is 11.9 Å². The molecule has 1 aliphatic heterocycles. The average Bonchev–Trinajstić information content (AvgIpc) is 2.98. The van der Waals surface area contributed by atoms with E-state index in [1.165, 1.54) is 6.20 Å². The van der Waals surface area contributed by atoms with Crippen molar-refractivity contribution in [1.29, 1.82) is 0 Å². The summed E-state index contributed by atoms with van der Waals surface area (Å²) in [5.74, 6) is 0. The number of ether oxygens (including phenoxy) is 1. The Hall–Kier alpha value is -1.99. The second kappa shape index (κ2) is 9.65. The summed E-state index contributed by atoms with van der Waals surface area (Å²) in [4.78, 5) is 46.9. The Labute approximate surface area is 174 Å². The van der Waals surface area contributed by atoms with E-state index in [0.717, 1.165) is 21.4 Å². The van der Waals surface area contributed by atoms with Gasteiger partial charge < -0.3 is 24.7 Å². The van der Waals surface area contributed by atoms with E-state index >= 15 is 0 Å². The van der Waals surface area contributed by atoms with E-state index in [9.17, 15) is 33.8 Å². The molecule has 1 fully saturated rings. The topological polar surface area (TPSA) is 200 Å². The fourth-order valence-corrected chi connectivity index (χ4v) is 4.25. The third-order valence-corrected chi connectivity index (χ3v) is 6.37. The van der Waals surface area contributed by atoms with Crippen LogP contribution in [0.2, 0.25) is 0 Å². The number of hydrogen-bond acceptors (Lipinski definition) is 10. The van der Waals surface area contributed by atoms with Gasteiger partial charge in [0.25, 0.3) is 5.56 Å². The number of nitrogens with zero attached hydrogens (tertiary/aromatic N) is 3. The van der Waals surface area contributed by atoms with Crippen molar-refractivity contribution in [3.63, 3.8) is 0 Å². The smallest absolute Gasteiger partial charge is 0.387 e. The van der Waals surface area contributed by atoms with Crippen LogP contribution in [-0.4, -0.2) is 59.0 Å². The van der Waals surface area contributed by atoms with Crippen LogP contribution in [0, 0.1) is 0 Å². The van der Waals surface area contributed by atoms with Crippen LogP contribution in [0.3, 0.4) is 0 Å². The van der Waals surface area contributed by atoms with E-state index in [4.69, 9.17) is 9.63 Å². The van der Waals surface area contributed by atoms with Gasteiger partial charge in [-0.25, -0.2) is 13.7 Å². The van der Waals surface area contributed by atoms with Crippen molar-refractivity contribution in [1.82, 2.24) is 14.1 Å². The largest absolute Gasteiger partial charge is 0.479 e. The van der Waals surface area contributed by atoms with Crippen LogP contribution in [-0.2, 0) is 29.2 Å². The maximum Gasteiger partial charge on any atom is 0.479 e. The fraction of sp³-hybridized carbons (Fsp3) is 0.400. The number of phosphoric acid groups is 1. The molecule has 0 saturated carbocycles. The molecule has 170 valence electrons. The van der Waals surface area contributed by atoms with Crippen LogP contribution >= 0.6 is 16.1 Å². The SMILES string of the molecule is O=c1ccn(C2OC(COP(=O)(O)O[PH](=O)O)C(O)[C@@H]2O)c(=O)n1Cc1ccccn1. The van der Waals surface area contributed by atoms with Gasteiger partial charge in [0.2, 0.25) is 0 Å². The highest BCUT2D eigenvalue weighted by Gasteiger charge is 2.45. The van der Waals surface area contributed by atoms with Crippen molar-refractivity contribution < 1.29 is 42.7 Å². The van der Waals surface area contributed by atoms with Crippen molar-refractivity contribution >= 4 is 16.1 Å². The molecule has 16 heteroatoms. The molecule has 0 bridgehead atoms. The van der Waals surface area contributed by atoms with Crippen molar-refractivity contribution in [3.8, 4) is 0 Å². The normalized spacial score (nSPS) is 26.5. The Kier molecular flexibility index (Phi) is 7.37. The van der Waals surface area contributed by atoms with Gasteiger partial charge in [0.05, 0.1) is 18.8 Å². The summed E-state index contributed by atoms with van der Waals surface area (Å²) in [5, 5.41) is 20.4.